The van der Waals surface area contributed by atoms with Crippen LogP contribution in [0, 0.1) is 0 Å². The van der Waals surface area contributed by atoms with Crippen LogP contribution in [0.25, 0.3) is 11.2 Å². The van der Waals surface area contributed by atoms with E-state index in [0.29, 0.717) is 18.8 Å². The van der Waals surface area contributed by atoms with Crippen LogP contribution in [0.4, 0.5) is 5.95 Å². The lowest BCUT2D eigenvalue weighted by Gasteiger charge is -2.22. The van der Waals surface area contributed by atoms with Crippen molar-refractivity contribution in [3.63, 3.8) is 0 Å². The Kier molecular flexibility index (Phi) is 10.4. The van der Waals surface area contributed by atoms with Gasteiger partial charge in [-0.3, -0.25) is 14.3 Å². The summed E-state index contributed by atoms with van der Waals surface area (Å²) in [6, 6.07) is 9.45. The molecule has 2 heterocycles. The molecule has 0 radical (unpaired) electrons. The summed E-state index contributed by atoms with van der Waals surface area (Å²) in [7, 11) is -3.58. The van der Waals surface area contributed by atoms with E-state index in [2.05, 4.69) is 21.9 Å². The second kappa shape index (κ2) is 13.5. The summed E-state index contributed by atoms with van der Waals surface area (Å²) in [5, 5.41) is 0. The fraction of sp³-hybridized carbons (Fsp3) is 0.522. The number of nitrogen functional groups attached to an aromatic ring is 1. The smallest absolute Gasteiger partial charge is 0.356 e. The van der Waals surface area contributed by atoms with Gasteiger partial charge in [0.1, 0.15) is 6.35 Å². The molecule has 2 atom stereocenters. The minimum absolute atomic E-state index is 0.00372. The summed E-state index contributed by atoms with van der Waals surface area (Å²) in [6.07, 6.45) is 3.79. The SMILES string of the molecule is CCCCOC(CC)COP(=O)(COCCn1cnc2c(=O)[nH]c(N)nc21)OCc1ccccc1. The van der Waals surface area contributed by atoms with Crippen LogP contribution in [0.2, 0.25) is 0 Å². The molecule has 0 saturated carbocycles. The lowest BCUT2D eigenvalue weighted by molar-refractivity contribution is 0.00859. The molecule has 0 aliphatic rings. The van der Waals surface area contributed by atoms with E-state index < -0.39 is 13.2 Å². The second-order valence-electron chi connectivity index (χ2n) is 8.02. The topological polar surface area (TPSA) is 144 Å². The highest BCUT2D eigenvalue weighted by Crippen LogP contribution is 2.49. The third-order valence-electron chi connectivity index (χ3n) is 5.25. The number of nitrogens with zero attached hydrogens (tertiary/aromatic N) is 3. The first-order chi connectivity index (χ1) is 16.9. The van der Waals surface area contributed by atoms with Gasteiger partial charge < -0.3 is 28.8 Å². The first-order valence-corrected chi connectivity index (χ1v) is 13.5. The van der Waals surface area contributed by atoms with Crippen molar-refractivity contribution in [1.29, 1.82) is 0 Å². The third-order valence-corrected chi connectivity index (χ3v) is 6.82. The summed E-state index contributed by atoms with van der Waals surface area (Å²) in [4.78, 5) is 22.5. The molecular formula is C23H34N5O6P. The van der Waals surface area contributed by atoms with Crippen molar-refractivity contribution >= 4 is 24.7 Å². The van der Waals surface area contributed by atoms with E-state index in [4.69, 9.17) is 24.3 Å². The van der Waals surface area contributed by atoms with Gasteiger partial charge in [0.05, 0.1) is 32.3 Å². The molecule has 0 aliphatic carbocycles. The number of nitrogens with two attached hydrogens (primary N) is 1. The molecule has 0 bridgehead atoms. The van der Waals surface area contributed by atoms with Crippen molar-refractivity contribution in [2.24, 2.45) is 0 Å². The number of hydrogen-bond acceptors (Lipinski definition) is 9. The lowest BCUT2D eigenvalue weighted by atomic mass is 10.2. The average Bonchev–Trinajstić information content (AvgIpc) is 3.26. The largest absolute Gasteiger partial charge is 0.376 e. The molecule has 3 N–H and O–H groups in total. The number of imidazole rings is 1. The number of ether oxygens (including phenoxy) is 2. The predicted octanol–water partition coefficient (Wildman–Crippen LogP) is 3.70. The molecule has 0 fully saturated rings. The zero-order valence-electron chi connectivity index (χ0n) is 20.2. The van der Waals surface area contributed by atoms with Crippen molar-refractivity contribution in [2.45, 2.75) is 52.4 Å². The van der Waals surface area contributed by atoms with Crippen molar-refractivity contribution in [1.82, 2.24) is 19.5 Å². The van der Waals surface area contributed by atoms with E-state index in [1.54, 1.807) is 4.57 Å². The van der Waals surface area contributed by atoms with E-state index in [1.807, 2.05) is 37.3 Å². The fourth-order valence-corrected chi connectivity index (χ4v) is 4.52. The van der Waals surface area contributed by atoms with Crippen LogP contribution in [0.3, 0.4) is 0 Å². The minimum Gasteiger partial charge on any atom is -0.376 e. The van der Waals surface area contributed by atoms with Crippen LogP contribution in [0.15, 0.2) is 41.5 Å². The second-order valence-corrected chi connectivity index (χ2v) is 10.0. The number of H-pyrrole nitrogens is 1. The number of aromatic nitrogens is 4. The van der Waals surface area contributed by atoms with E-state index in [1.165, 1.54) is 6.33 Å². The zero-order valence-corrected chi connectivity index (χ0v) is 21.1. The van der Waals surface area contributed by atoms with Crippen molar-refractivity contribution < 1.29 is 23.1 Å². The Hall–Kier alpha value is -2.56. The molecule has 12 heteroatoms. The third kappa shape index (κ3) is 8.26. The Bertz CT molecular complexity index is 1150. The van der Waals surface area contributed by atoms with E-state index >= 15 is 0 Å². The summed E-state index contributed by atoms with van der Waals surface area (Å²) in [5.74, 6) is 0.00372. The number of anilines is 1. The van der Waals surface area contributed by atoms with Crippen molar-refractivity contribution in [3.8, 4) is 0 Å². The van der Waals surface area contributed by atoms with Crippen LogP contribution in [-0.4, -0.2) is 51.8 Å². The normalized spacial score (nSPS) is 14.2. The number of fused-ring (bicyclic) bond motifs is 1. The molecule has 3 aromatic rings. The van der Waals surface area contributed by atoms with Gasteiger partial charge in [0.15, 0.2) is 11.2 Å². The van der Waals surface area contributed by atoms with Crippen LogP contribution in [0.5, 0.6) is 0 Å². The molecule has 0 aliphatic heterocycles. The van der Waals surface area contributed by atoms with Gasteiger partial charge in [0.2, 0.25) is 5.95 Å². The molecule has 2 unspecified atom stereocenters. The molecule has 0 saturated heterocycles. The number of hydrogen-bond donors (Lipinski definition) is 2. The van der Waals surface area contributed by atoms with Crippen molar-refractivity contribution in [3.05, 3.63) is 52.6 Å². The number of aromatic amines is 1. The van der Waals surface area contributed by atoms with Gasteiger partial charge in [0, 0.05) is 13.2 Å². The van der Waals surface area contributed by atoms with Gasteiger partial charge >= 0.3 is 7.60 Å². The van der Waals surface area contributed by atoms with Crippen LogP contribution < -0.4 is 11.3 Å². The Morgan fingerprint density at radius 3 is 2.71 bits per heavy atom. The van der Waals surface area contributed by atoms with Crippen LogP contribution in [-0.2, 0) is 36.2 Å². The molecule has 1 aromatic carbocycles. The van der Waals surface area contributed by atoms with Gasteiger partial charge in [-0.1, -0.05) is 50.6 Å². The highest BCUT2D eigenvalue weighted by molar-refractivity contribution is 7.53. The maximum absolute atomic E-state index is 13.5. The summed E-state index contributed by atoms with van der Waals surface area (Å²) in [5.41, 5.74) is 6.64. The Morgan fingerprint density at radius 1 is 1.17 bits per heavy atom. The number of nitrogens with one attached hydrogen (secondary N) is 1. The number of rotatable bonds is 16. The van der Waals surface area contributed by atoms with E-state index in [9.17, 15) is 9.36 Å². The van der Waals surface area contributed by atoms with Gasteiger partial charge in [-0.05, 0) is 18.4 Å². The minimum atomic E-state index is -3.58. The first kappa shape index (κ1) is 27.0. The summed E-state index contributed by atoms with van der Waals surface area (Å²) < 4.78 is 38.1. The maximum Gasteiger partial charge on any atom is 0.356 e. The Balaban J connectivity index is 1.59. The predicted molar refractivity (Wildman–Crippen MR) is 133 cm³/mol. The highest BCUT2D eigenvalue weighted by Gasteiger charge is 2.27. The molecule has 0 spiro atoms. The quantitative estimate of drug-likeness (QED) is 0.219. The van der Waals surface area contributed by atoms with Gasteiger partial charge in [-0.25, -0.2) is 4.98 Å². The number of unbranched alkanes of at least 4 members (excludes halogenated alkanes) is 1. The molecule has 2 aromatic heterocycles. The van der Waals surface area contributed by atoms with Crippen LogP contribution in [0.1, 0.15) is 38.7 Å². The van der Waals surface area contributed by atoms with E-state index in [-0.39, 0.29) is 43.7 Å². The van der Waals surface area contributed by atoms with Gasteiger partial charge in [0.25, 0.3) is 5.56 Å². The number of benzene rings is 1. The van der Waals surface area contributed by atoms with Crippen molar-refractivity contribution in [2.75, 3.05) is 31.9 Å². The van der Waals surface area contributed by atoms with E-state index in [0.717, 1.165) is 24.8 Å². The van der Waals surface area contributed by atoms with Gasteiger partial charge in [-0.2, -0.15) is 4.98 Å². The maximum atomic E-state index is 13.5. The highest BCUT2D eigenvalue weighted by atomic mass is 31.2. The zero-order chi connectivity index (χ0) is 25.1. The summed E-state index contributed by atoms with van der Waals surface area (Å²) in [6.45, 7) is 5.49. The average molecular weight is 508 g/mol. The fourth-order valence-electron chi connectivity index (χ4n) is 3.21. The first-order valence-electron chi connectivity index (χ1n) is 11.8. The molecule has 11 nitrogen and oxygen atoms in total. The molecule has 3 rings (SSSR count). The molecule has 192 valence electrons. The molecular weight excluding hydrogens is 473 g/mol. The Labute approximate surface area is 204 Å². The monoisotopic (exact) mass is 507 g/mol. The molecule has 35 heavy (non-hydrogen) atoms. The van der Waals surface area contributed by atoms with Gasteiger partial charge in [-0.15, -0.1) is 0 Å². The summed E-state index contributed by atoms with van der Waals surface area (Å²) >= 11 is 0. The lowest BCUT2D eigenvalue weighted by Crippen LogP contribution is -2.20. The molecule has 0 amide bonds. The van der Waals surface area contributed by atoms with Crippen LogP contribution >= 0.6 is 7.60 Å². The standard InChI is InChI=1S/C23H34N5O6P/c1-3-5-12-32-19(4-2)15-34-35(30,33-14-18-9-7-6-8-10-18)17-31-13-11-28-16-25-20-21(28)26-23(24)27-22(20)29/h6-10,16,19H,3-5,11-15,17H2,1-2H3,(H3,24,26,27,29). The Morgan fingerprint density at radius 2 is 1.97 bits per heavy atom.